The van der Waals surface area contributed by atoms with Crippen LogP contribution in [0, 0.1) is 6.92 Å². The Bertz CT molecular complexity index is 621. The molecule has 7 heteroatoms. The van der Waals surface area contributed by atoms with Crippen molar-refractivity contribution in [2.75, 3.05) is 0 Å². The Hall–Kier alpha value is -2.70. The summed E-state index contributed by atoms with van der Waals surface area (Å²) in [6, 6.07) is 4.36. The molecule has 2 aromatic rings. The number of carbonyl (C=O) groups is 2. The molecule has 0 atom stereocenters. The summed E-state index contributed by atoms with van der Waals surface area (Å²) in [5.41, 5.74) is 0.649. The number of pyridine rings is 1. The van der Waals surface area contributed by atoms with Gasteiger partial charge < -0.3 is 14.9 Å². The molecule has 19 heavy (non-hydrogen) atoms. The topological polar surface area (TPSA) is 105 Å². The van der Waals surface area contributed by atoms with Crippen LogP contribution in [-0.2, 0) is 6.54 Å². The van der Waals surface area contributed by atoms with Gasteiger partial charge in [0, 0.05) is 17.8 Å². The van der Waals surface area contributed by atoms with Gasteiger partial charge in [0.2, 0.25) is 0 Å². The van der Waals surface area contributed by atoms with Gasteiger partial charge in [0.1, 0.15) is 17.1 Å². The number of aryl methyl sites for hydroxylation is 1. The Kier molecular flexibility index (Phi) is 3.56. The monoisotopic (exact) mass is 261 g/mol. The zero-order valence-corrected chi connectivity index (χ0v) is 10.1. The first-order valence-electron chi connectivity index (χ1n) is 5.46. The van der Waals surface area contributed by atoms with Crippen molar-refractivity contribution in [1.82, 2.24) is 15.5 Å². The van der Waals surface area contributed by atoms with Gasteiger partial charge in [0.25, 0.3) is 5.91 Å². The minimum atomic E-state index is -1.18. The van der Waals surface area contributed by atoms with Gasteiger partial charge in [-0.2, -0.15) is 0 Å². The van der Waals surface area contributed by atoms with Gasteiger partial charge in [0.05, 0.1) is 6.54 Å². The maximum Gasteiger partial charge on any atom is 0.354 e. The molecule has 0 fully saturated rings. The molecule has 0 aromatic carbocycles. The molecule has 2 rings (SSSR count). The number of amides is 1. The van der Waals surface area contributed by atoms with E-state index in [0.717, 1.165) is 0 Å². The maximum atomic E-state index is 11.8. The lowest BCUT2D eigenvalue weighted by molar-refractivity contribution is 0.0690. The number of carboxylic acid groups (broad SMARTS) is 1. The summed E-state index contributed by atoms with van der Waals surface area (Å²) < 4.78 is 4.86. The molecule has 0 bridgehead atoms. The van der Waals surface area contributed by atoms with Crippen molar-refractivity contribution in [2.24, 2.45) is 0 Å². The summed E-state index contributed by atoms with van der Waals surface area (Å²) in [4.78, 5) is 26.2. The van der Waals surface area contributed by atoms with E-state index in [4.69, 9.17) is 9.63 Å². The third-order valence-corrected chi connectivity index (χ3v) is 2.35. The number of aromatic nitrogens is 2. The second kappa shape index (κ2) is 5.30. The third kappa shape index (κ3) is 3.15. The zero-order chi connectivity index (χ0) is 13.8. The highest BCUT2D eigenvalue weighted by molar-refractivity contribution is 5.96. The fourth-order valence-corrected chi connectivity index (χ4v) is 1.46. The predicted octanol–water partition coefficient (Wildman–Crippen LogP) is 1.01. The van der Waals surface area contributed by atoms with Crippen LogP contribution in [0.1, 0.15) is 32.3 Å². The Labute approximate surface area is 108 Å². The van der Waals surface area contributed by atoms with E-state index in [2.05, 4.69) is 15.5 Å². The van der Waals surface area contributed by atoms with Crippen LogP contribution in [0.5, 0.6) is 0 Å². The van der Waals surface area contributed by atoms with Crippen LogP contribution in [0.3, 0.4) is 0 Å². The Balaban J connectivity index is 2.03. The van der Waals surface area contributed by atoms with Gasteiger partial charge in [-0.3, -0.25) is 4.79 Å². The molecule has 0 aliphatic carbocycles. The summed E-state index contributed by atoms with van der Waals surface area (Å²) >= 11 is 0. The van der Waals surface area contributed by atoms with Gasteiger partial charge in [-0.05, 0) is 19.1 Å². The van der Waals surface area contributed by atoms with E-state index in [1.165, 1.54) is 18.3 Å². The highest BCUT2D eigenvalue weighted by atomic mass is 16.5. The van der Waals surface area contributed by atoms with Crippen molar-refractivity contribution < 1.29 is 19.2 Å². The van der Waals surface area contributed by atoms with Crippen molar-refractivity contribution in [2.45, 2.75) is 13.5 Å². The second-order valence-electron chi connectivity index (χ2n) is 3.85. The van der Waals surface area contributed by atoms with E-state index in [1.807, 2.05) is 0 Å². The summed E-state index contributed by atoms with van der Waals surface area (Å²) in [6.45, 7) is 1.96. The molecule has 0 spiro atoms. The maximum absolute atomic E-state index is 11.8. The van der Waals surface area contributed by atoms with Crippen molar-refractivity contribution in [1.29, 1.82) is 0 Å². The van der Waals surface area contributed by atoms with Gasteiger partial charge >= 0.3 is 5.97 Å². The molecule has 2 aromatic heterocycles. The number of rotatable bonds is 4. The van der Waals surface area contributed by atoms with Crippen LogP contribution in [0.4, 0.5) is 0 Å². The predicted molar refractivity (Wildman–Crippen MR) is 63.6 cm³/mol. The highest BCUT2D eigenvalue weighted by Gasteiger charge is 2.11. The molecule has 0 aliphatic rings. The number of nitrogens with one attached hydrogen (secondary N) is 1. The average molecular weight is 261 g/mol. The van der Waals surface area contributed by atoms with Crippen LogP contribution in [0.2, 0.25) is 0 Å². The first kappa shape index (κ1) is 12.7. The molecule has 2 N–H and O–H groups in total. The van der Waals surface area contributed by atoms with Crippen LogP contribution in [0.25, 0.3) is 0 Å². The van der Waals surface area contributed by atoms with Crippen LogP contribution in [-0.4, -0.2) is 27.1 Å². The molecule has 0 saturated heterocycles. The van der Waals surface area contributed by atoms with Gasteiger partial charge in [0.15, 0.2) is 0 Å². The molecule has 0 saturated carbocycles. The summed E-state index contributed by atoms with van der Waals surface area (Å²) in [6.07, 6.45) is 1.28. The number of nitrogens with zero attached hydrogens (tertiary/aromatic N) is 2. The highest BCUT2D eigenvalue weighted by Crippen LogP contribution is 2.04. The lowest BCUT2D eigenvalue weighted by Crippen LogP contribution is -2.23. The molecule has 7 nitrogen and oxygen atoms in total. The van der Waals surface area contributed by atoms with E-state index in [1.54, 1.807) is 13.0 Å². The Morgan fingerprint density at radius 2 is 2.21 bits per heavy atom. The van der Waals surface area contributed by atoms with Crippen LogP contribution in [0.15, 0.2) is 28.9 Å². The smallest absolute Gasteiger partial charge is 0.354 e. The van der Waals surface area contributed by atoms with Gasteiger partial charge in [-0.25, -0.2) is 9.78 Å². The lowest BCUT2D eigenvalue weighted by atomic mass is 10.2. The quantitative estimate of drug-likeness (QED) is 0.850. The fraction of sp³-hybridized carbons (Fsp3) is 0.167. The molecular formula is C12H11N3O4. The van der Waals surface area contributed by atoms with Crippen LogP contribution < -0.4 is 5.32 Å². The molecule has 0 unspecified atom stereocenters. The minimum Gasteiger partial charge on any atom is -0.477 e. The van der Waals surface area contributed by atoms with E-state index >= 15 is 0 Å². The van der Waals surface area contributed by atoms with E-state index in [0.29, 0.717) is 11.5 Å². The van der Waals surface area contributed by atoms with E-state index in [-0.39, 0.29) is 17.8 Å². The third-order valence-electron chi connectivity index (χ3n) is 2.35. The Morgan fingerprint density at radius 1 is 1.42 bits per heavy atom. The van der Waals surface area contributed by atoms with E-state index in [9.17, 15) is 9.59 Å². The average Bonchev–Trinajstić information content (AvgIpc) is 2.82. The van der Waals surface area contributed by atoms with Gasteiger partial charge in [-0.1, -0.05) is 5.16 Å². The van der Waals surface area contributed by atoms with Crippen molar-refractivity contribution >= 4 is 11.9 Å². The summed E-state index contributed by atoms with van der Waals surface area (Å²) in [5.74, 6) is -0.923. The number of hydrogen-bond donors (Lipinski definition) is 2. The first-order chi connectivity index (χ1) is 9.06. The summed E-state index contributed by atoms with van der Waals surface area (Å²) in [5, 5.41) is 15.1. The SMILES string of the molecule is Cc1cc(CNC(=O)c2ccnc(C(=O)O)c2)no1. The van der Waals surface area contributed by atoms with E-state index < -0.39 is 11.9 Å². The normalized spacial score (nSPS) is 10.2. The van der Waals surface area contributed by atoms with Crippen molar-refractivity contribution in [3.63, 3.8) is 0 Å². The molecule has 2 heterocycles. The molecule has 0 aliphatic heterocycles. The fourth-order valence-electron chi connectivity index (χ4n) is 1.46. The van der Waals surface area contributed by atoms with Crippen molar-refractivity contribution in [3.8, 4) is 0 Å². The number of aromatic carboxylic acids is 1. The number of carboxylic acids is 1. The summed E-state index contributed by atoms with van der Waals surface area (Å²) in [7, 11) is 0. The molecule has 98 valence electrons. The minimum absolute atomic E-state index is 0.176. The Morgan fingerprint density at radius 3 is 2.84 bits per heavy atom. The molecular weight excluding hydrogens is 250 g/mol. The standard InChI is InChI=1S/C12H11N3O4/c1-7-4-9(15-19-7)6-14-11(16)8-2-3-13-10(5-8)12(17)18/h2-5H,6H2,1H3,(H,14,16)(H,17,18). The lowest BCUT2D eigenvalue weighted by Gasteiger charge is -2.03. The van der Waals surface area contributed by atoms with Gasteiger partial charge in [-0.15, -0.1) is 0 Å². The number of carbonyl (C=O) groups excluding carboxylic acids is 1. The number of hydrogen-bond acceptors (Lipinski definition) is 5. The van der Waals surface area contributed by atoms with Crippen LogP contribution >= 0.6 is 0 Å². The second-order valence-corrected chi connectivity index (χ2v) is 3.85. The molecule has 1 amide bonds. The first-order valence-corrected chi connectivity index (χ1v) is 5.46. The zero-order valence-electron chi connectivity index (χ0n) is 10.1. The van der Waals surface area contributed by atoms with Crippen molar-refractivity contribution in [3.05, 3.63) is 47.1 Å². The molecule has 0 radical (unpaired) electrons. The largest absolute Gasteiger partial charge is 0.477 e.